The van der Waals surface area contributed by atoms with Crippen molar-refractivity contribution in [1.82, 2.24) is 0 Å². The smallest absolute Gasteiger partial charge is 0.0247 e. The summed E-state index contributed by atoms with van der Waals surface area (Å²) in [4.78, 5) is 0. The number of hydrogen-bond donors (Lipinski definition) is 0. The van der Waals surface area contributed by atoms with Gasteiger partial charge in [-0.05, 0) is 29.5 Å². The molecule has 0 aromatic heterocycles. The van der Waals surface area contributed by atoms with Crippen molar-refractivity contribution in [3.05, 3.63) is 40.4 Å². The first-order valence-electron chi connectivity index (χ1n) is 4.54. The minimum absolute atomic E-state index is 0.707. The van der Waals surface area contributed by atoms with Crippen LogP contribution in [0.4, 0.5) is 0 Å². The van der Waals surface area contributed by atoms with E-state index in [2.05, 4.69) is 54.6 Å². The number of rotatable bonds is 3. The van der Waals surface area contributed by atoms with E-state index in [4.69, 9.17) is 0 Å². The van der Waals surface area contributed by atoms with Crippen LogP contribution in [0.5, 0.6) is 0 Å². The van der Waals surface area contributed by atoms with Gasteiger partial charge in [-0.2, -0.15) is 0 Å². The predicted molar refractivity (Wildman–Crippen MR) is 62.8 cm³/mol. The second kappa shape index (κ2) is 4.61. The van der Waals surface area contributed by atoms with Gasteiger partial charge in [-0.1, -0.05) is 54.6 Å². The molecule has 0 aliphatic carbocycles. The van der Waals surface area contributed by atoms with Gasteiger partial charge in [0.2, 0.25) is 0 Å². The first-order valence-corrected chi connectivity index (χ1v) is 5.33. The van der Waals surface area contributed by atoms with Crippen LogP contribution in [0.2, 0.25) is 0 Å². The van der Waals surface area contributed by atoms with Gasteiger partial charge in [0.25, 0.3) is 0 Å². The minimum Gasteiger partial charge on any atom is -0.0984 e. The maximum absolute atomic E-state index is 3.78. The zero-order chi connectivity index (χ0) is 9.84. The summed E-state index contributed by atoms with van der Waals surface area (Å²) in [5.41, 5.74) is 2.56. The fourth-order valence-electron chi connectivity index (χ4n) is 1.35. The zero-order valence-electron chi connectivity index (χ0n) is 8.18. The SMILES string of the molecule is C=Cc1cc(CC(C)C)ccc1Br. The van der Waals surface area contributed by atoms with Crippen LogP contribution in [0.25, 0.3) is 6.08 Å². The molecule has 1 aromatic rings. The molecule has 0 fully saturated rings. The molecule has 0 aliphatic rings. The molecule has 13 heavy (non-hydrogen) atoms. The van der Waals surface area contributed by atoms with Crippen molar-refractivity contribution >= 4 is 22.0 Å². The molecule has 0 amide bonds. The van der Waals surface area contributed by atoms with E-state index in [0.717, 1.165) is 10.9 Å². The first kappa shape index (κ1) is 10.5. The van der Waals surface area contributed by atoms with Crippen molar-refractivity contribution in [3.63, 3.8) is 0 Å². The molecular weight excluding hydrogens is 224 g/mol. The minimum atomic E-state index is 0.707. The van der Waals surface area contributed by atoms with Crippen molar-refractivity contribution < 1.29 is 0 Å². The van der Waals surface area contributed by atoms with E-state index in [1.54, 1.807) is 0 Å². The van der Waals surface area contributed by atoms with Gasteiger partial charge in [0, 0.05) is 4.47 Å². The van der Waals surface area contributed by atoms with Crippen molar-refractivity contribution in [1.29, 1.82) is 0 Å². The molecule has 1 aromatic carbocycles. The molecule has 0 saturated carbocycles. The second-order valence-corrected chi connectivity index (χ2v) is 4.51. The molecule has 0 heterocycles. The van der Waals surface area contributed by atoms with Gasteiger partial charge in [0.15, 0.2) is 0 Å². The average molecular weight is 239 g/mol. The molecule has 0 spiro atoms. The third-order valence-corrected chi connectivity index (χ3v) is 2.65. The number of hydrogen-bond acceptors (Lipinski definition) is 0. The van der Waals surface area contributed by atoms with Crippen LogP contribution in [0.15, 0.2) is 29.3 Å². The van der Waals surface area contributed by atoms with Gasteiger partial charge in [-0.3, -0.25) is 0 Å². The van der Waals surface area contributed by atoms with Crippen LogP contribution < -0.4 is 0 Å². The van der Waals surface area contributed by atoms with Crippen LogP contribution >= 0.6 is 15.9 Å². The van der Waals surface area contributed by atoms with E-state index in [9.17, 15) is 0 Å². The maximum Gasteiger partial charge on any atom is 0.0247 e. The maximum atomic E-state index is 3.78. The largest absolute Gasteiger partial charge is 0.0984 e. The summed E-state index contributed by atoms with van der Waals surface area (Å²) in [6.45, 7) is 8.25. The van der Waals surface area contributed by atoms with Gasteiger partial charge >= 0.3 is 0 Å². The van der Waals surface area contributed by atoms with Gasteiger partial charge in [0.1, 0.15) is 0 Å². The van der Waals surface area contributed by atoms with E-state index in [-0.39, 0.29) is 0 Å². The fourth-order valence-corrected chi connectivity index (χ4v) is 1.76. The van der Waals surface area contributed by atoms with Gasteiger partial charge in [-0.25, -0.2) is 0 Å². The predicted octanol–water partition coefficient (Wildman–Crippen LogP) is 4.29. The Morgan fingerprint density at radius 2 is 2.15 bits per heavy atom. The van der Waals surface area contributed by atoms with Gasteiger partial charge in [0.05, 0.1) is 0 Å². The Kier molecular flexibility index (Phi) is 3.73. The van der Waals surface area contributed by atoms with Crippen molar-refractivity contribution in [2.45, 2.75) is 20.3 Å². The molecule has 0 saturated heterocycles. The van der Waals surface area contributed by atoms with Crippen LogP contribution in [0, 0.1) is 5.92 Å². The molecule has 1 rings (SSSR count). The molecule has 0 unspecified atom stereocenters. The Morgan fingerprint density at radius 3 is 2.69 bits per heavy atom. The van der Waals surface area contributed by atoms with Gasteiger partial charge in [-0.15, -0.1) is 0 Å². The highest BCUT2D eigenvalue weighted by Gasteiger charge is 2.00. The zero-order valence-corrected chi connectivity index (χ0v) is 9.76. The third kappa shape index (κ3) is 3.00. The molecule has 0 atom stereocenters. The van der Waals surface area contributed by atoms with Gasteiger partial charge < -0.3 is 0 Å². The normalized spacial score (nSPS) is 10.5. The molecule has 0 aliphatic heterocycles. The highest BCUT2D eigenvalue weighted by molar-refractivity contribution is 9.10. The topological polar surface area (TPSA) is 0 Å². The lowest BCUT2D eigenvalue weighted by Gasteiger charge is -2.06. The monoisotopic (exact) mass is 238 g/mol. The molecule has 70 valence electrons. The fraction of sp³-hybridized carbons (Fsp3) is 0.333. The summed E-state index contributed by atoms with van der Waals surface area (Å²) in [7, 11) is 0. The Bertz CT molecular complexity index is 300. The second-order valence-electron chi connectivity index (χ2n) is 3.66. The molecule has 0 nitrogen and oxygen atoms in total. The summed E-state index contributed by atoms with van der Waals surface area (Å²) in [5.74, 6) is 0.707. The number of benzene rings is 1. The lowest BCUT2D eigenvalue weighted by Crippen LogP contribution is -1.94. The van der Waals surface area contributed by atoms with E-state index in [1.807, 2.05) is 6.08 Å². The quantitative estimate of drug-likeness (QED) is 0.738. The third-order valence-electron chi connectivity index (χ3n) is 1.92. The Balaban J connectivity index is 2.92. The van der Waals surface area contributed by atoms with Crippen LogP contribution in [0.1, 0.15) is 25.0 Å². The highest BCUT2D eigenvalue weighted by atomic mass is 79.9. The standard InChI is InChI=1S/C12H15Br/c1-4-11-8-10(7-9(2)3)5-6-12(11)13/h4-6,8-9H,1,7H2,2-3H3. The molecule has 0 N–H and O–H groups in total. The van der Waals surface area contributed by atoms with E-state index >= 15 is 0 Å². The van der Waals surface area contributed by atoms with Crippen molar-refractivity contribution in [2.24, 2.45) is 5.92 Å². The number of halogens is 1. The van der Waals surface area contributed by atoms with E-state index < -0.39 is 0 Å². The highest BCUT2D eigenvalue weighted by Crippen LogP contribution is 2.20. The lowest BCUT2D eigenvalue weighted by atomic mass is 10.0. The Hall–Kier alpha value is -0.560. The molecule has 0 radical (unpaired) electrons. The van der Waals surface area contributed by atoms with Crippen molar-refractivity contribution in [2.75, 3.05) is 0 Å². The average Bonchev–Trinajstić information content (AvgIpc) is 2.07. The molecular formula is C12H15Br. The molecule has 0 bridgehead atoms. The Morgan fingerprint density at radius 1 is 1.46 bits per heavy atom. The van der Waals surface area contributed by atoms with Crippen LogP contribution in [0.3, 0.4) is 0 Å². The summed E-state index contributed by atoms with van der Waals surface area (Å²) in [5, 5.41) is 0. The summed E-state index contributed by atoms with van der Waals surface area (Å²) < 4.78 is 1.12. The molecule has 1 heteroatoms. The summed E-state index contributed by atoms with van der Waals surface area (Å²) in [6, 6.07) is 6.45. The first-order chi connectivity index (χ1) is 6.13. The van der Waals surface area contributed by atoms with E-state index in [1.165, 1.54) is 11.1 Å². The Labute approximate surface area is 88.8 Å². The lowest BCUT2D eigenvalue weighted by molar-refractivity contribution is 0.647. The summed E-state index contributed by atoms with van der Waals surface area (Å²) >= 11 is 3.49. The van der Waals surface area contributed by atoms with Crippen LogP contribution in [-0.2, 0) is 6.42 Å². The van der Waals surface area contributed by atoms with E-state index in [0.29, 0.717) is 5.92 Å². The summed E-state index contributed by atoms with van der Waals surface area (Å²) in [6.07, 6.45) is 3.02. The van der Waals surface area contributed by atoms with Crippen LogP contribution in [-0.4, -0.2) is 0 Å². The van der Waals surface area contributed by atoms with Crippen molar-refractivity contribution in [3.8, 4) is 0 Å².